The molecule has 1 amide bonds. The molecule has 0 saturated heterocycles. The molecule has 7 nitrogen and oxygen atoms in total. The Morgan fingerprint density at radius 2 is 2.00 bits per heavy atom. The molecule has 1 aromatic heterocycles. The molecule has 2 heterocycles. The predicted molar refractivity (Wildman–Crippen MR) is 109 cm³/mol. The van der Waals surface area contributed by atoms with Crippen LogP contribution < -0.4 is 14.9 Å². The van der Waals surface area contributed by atoms with Crippen molar-refractivity contribution in [1.29, 1.82) is 0 Å². The summed E-state index contributed by atoms with van der Waals surface area (Å²) in [5.74, 6) is 0.853. The van der Waals surface area contributed by atoms with Crippen molar-refractivity contribution >= 4 is 28.8 Å². The van der Waals surface area contributed by atoms with Crippen LogP contribution >= 0.6 is 11.6 Å². The van der Waals surface area contributed by atoms with Crippen LogP contribution in [0.15, 0.2) is 76.2 Å². The largest absolute Gasteiger partial charge is 0.488 e. The molecular weight excluding hydrogens is 394 g/mol. The summed E-state index contributed by atoms with van der Waals surface area (Å²) in [5, 5.41) is 8.18. The molecule has 146 valence electrons. The van der Waals surface area contributed by atoms with E-state index >= 15 is 0 Å². The van der Waals surface area contributed by atoms with Gasteiger partial charge in [0.25, 0.3) is 5.91 Å². The highest BCUT2D eigenvalue weighted by Crippen LogP contribution is 2.34. The van der Waals surface area contributed by atoms with Crippen molar-refractivity contribution in [1.82, 2.24) is 10.6 Å². The highest BCUT2D eigenvalue weighted by Gasteiger charge is 2.17. The Hall–Kier alpha value is -3.58. The lowest BCUT2D eigenvalue weighted by molar-refractivity contribution is -0.123. The summed E-state index contributed by atoms with van der Waals surface area (Å²) in [6, 6.07) is 14.8. The molecule has 0 spiro atoms. The van der Waals surface area contributed by atoms with Gasteiger partial charge in [0.15, 0.2) is 6.61 Å². The second kappa shape index (κ2) is 8.62. The standard InChI is InChI=1S/C21H16ClN3O4/c22-21-15(11-27-19-8-4-2-6-17(19)21)9-23-25-20(26)13-28-18-7-3-1-5-16(18)14-10-24-29-12-14/h1-10,12H,11,13H2,(H,25,26)/b23-9-. The fourth-order valence-corrected chi connectivity index (χ4v) is 3.05. The molecule has 4 rings (SSSR count). The van der Waals surface area contributed by atoms with Crippen LogP contribution in [-0.2, 0) is 4.79 Å². The van der Waals surface area contributed by atoms with E-state index < -0.39 is 5.91 Å². The van der Waals surface area contributed by atoms with E-state index in [0.29, 0.717) is 16.4 Å². The summed E-state index contributed by atoms with van der Waals surface area (Å²) >= 11 is 6.39. The van der Waals surface area contributed by atoms with Crippen molar-refractivity contribution in [2.75, 3.05) is 13.2 Å². The first-order valence-electron chi connectivity index (χ1n) is 8.76. The zero-order chi connectivity index (χ0) is 20.1. The third-order valence-electron chi connectivity index (χ3n) is 4.19. The summed E-state index contributed by atoms with van der Waals surface area (Å²) in [6.07, 6.45) is 4.56. The van der Waals surface area contributed by atoms with Gasteiger partial charge in [-0.15, -0.1) is 0 Å². The average Bonchev–Trinajstić information content (AvgIpc) is 3.29. The number of nitrogens with zero attached hydrogens (tertiary/aromatic N) is 2. The SMILES string of the molecule is O=C(COc1ccccc1-c1cnoc1)N/N=C\C1=C(Cl)c2ccccc2OC1. The molecule has 0 fully saturated rings. The Morgan fingerprint density at radius 3 is 2.83 bits per heavy atom. The van der Waals surface area contributed by atoms with Crippen LogP contribution in [-0.4, -0.2) is 30.5 Å². The van der Waals surface area contributed by atoms with E-state index in [2.05, 4.69) is 15.7 Å². The van der Waals surface area contributed by atoms with E-state index in [0.717, 1.165) is 22.4 Å². The number of hydrogen-bond acceptors (Lipinski definition) is 6. The monoisotopic (exact) mass is 409 g/mol. The smallest absolute Gasteiger partial charge is 0.277 e. The number of hydrazone groups is 1. The number of para-hydroxylation sites is 2. The van der Waals surface area contributed by atoms with Crippen molar-refractivity contribution in [3.05, 3.63) is 72.1 Å². The van der Waals surface area contributed by atoms with Crippen LogP contribution in [0.3, 0.4) is 0 Å². The van der Waals surface area contributed by atoms with Gasteiger partial charge in [-0.2, -0.15) is 5.10 Å². The van der Waals surface area contributed by atoms with E-state index in [9.17, 15) is 4.79 Å². The number of rotatable bonds is 6. The zero-order valence-corrected chi connectivity index (χ0v) is 15.9. The van der Waals surface area contributed by atoms with Gasteiger partial charge >= 0.3 is 0 Å². The van der Waals surface area contributed by atoms with Crippen LogP contribution in [0, 0.1) is 0 Å². The van der Waals surface area contributed by atoms with Gasteiger partial charge in [0, 0.05) is 22.3 Å². The summed E-state index contributed by atoms with van der Waals surface area (Å²) in [7, 11) is 0. The minimum atomic E-state index is -0.407. The van der Waals surface area contributed by atoms with Gasteiger partial charge in [-0.3, -0.25) is 4.79 Å². The topological polar surface area (TPSA) is 86.0 Å². The molecule has 0 atom stereocenters. The number of halogens is 1. The molecular formula is C21H16ClN3O4. The number of carbonyl (C=O) groups excluding carboxylic acids is 1. The Bertz CT molecular complexity index is 1080. The minimum absolute atomic E-state index is 0.203. The maximum atomic E-state index is 12.1. The van der Waals surface area contributed by atoms with Crippen molar-refractivity contribution in [2.45, 2.75) is 0 Å². The Balaban J connectivity index is 1.36. The van der Waals surface area contributed by atoms with E-state index in [1.165, 1.54) is 12.5 Å². The lowest BCUT2D eigenvalue weighted by Crippen LogP contribution is -2.25. The van der Waals surface area contributed by atoms with Crippen molar-refractivity contribution in [3.63, 3.8) is 0 Å². The summed E-state index contributed by atoms with van der Waals surface area (Å²) in [5.41, 5.74) is 5.43. The Labute approximate surface area is 171 Å². The van der Waals surface area contributed by atoms with Gasteiger partial charge in [-0.25, -0.2) is 5.43 Å². The molecule has 8 heteroatoms. The van der Waals surface area contributed by atoms with E-state index in [-0.39, 0.29) is 13.2 Å². The molecule has 1 aliphatic rings. The first kappa shape index (κ1) is 18.8. The van der Waals surface area contributed by atoms with Gasteiger partial charge in [-0.05, 0) is 18.2 Å². The van der Waals surface area contributed by atoms with Gasteiger partial charge in [0.2, 0.25) is 0 Å². The fraction of sp³-hybridized carbons (Fsp3) is 0.0952. The molecule has 3 aromatic rings. The van der Waals surface area contributed by atoms with Crippen LogP contribution in [0.25, 0.3) is 16.2 Å². The zero-order valence-electron chi connectivity index (χ0n) is 15.2. The van der Waals surface area contributed by atoms with Crippen molar-refractivity contribution in [3.8, 4) is 22.6 Å². The lowest BCUT2D eigenvalue weighted by Gasteiger charge is -2.18. The first-order chi connectivity index (χ1) is 14.2. The van der Waals surface area contributed by atoms with Gasteiger partial charge in [0.05, 0.1) is 17.4 Å². The molecule has 0 saturated carbocycles. The second-order valence-corrected chi connectivity index (χ2v) is 6.49. The fourth-order valence-electron chi connectivity index (χ4n) is 2.79. The summed E-state index contributed by atoms with van der Waals surface area (Å²) in [4.78, 5) is 12.1. The maximum Gasteiger partial charge on any atom is 0.277 e. The maximum absolute atomic E-state index is 12.1. The third-order valence-corrected chi connectivity index (χ3v) is 4.63. The highest BCUT2D eigenvalue weighted by atomic mass is 35.5. The van der Waals surface area contributed by atoms with Crippen LogP contribution in [0.2, 0.25) is 0 Å². The predicted octanol–water partition coefficient (Wildman–Crippen LogP) is 3.86. The Morgan fingerprint density at radius 1 is 1.21 bits per heavy atom. The molecule has 1 aliphatic heterocycles. The van der Waals surface area contributed by atoms with E-state index in [1.54, 1.807) is 12.3 Å². The molecule has 2 aromatic carbocycles. The molecule has 1 N–H and O–H groups in total. The minimum Gasteiger partial charge on any atom is -0.488 e. The van der Waals surface area contributed by atoms with Crippen molar-refractivity contribution < 1.29 is 18.8 Å². The molecule has 0 aliphatic carbocycles. The second-order valence-electron chi connectivity index (χ2n) is 6.12. The third kappa shape index (κ3) is 4.30. The van der Waals surface area contributed by atoms with Crippen LogP contribution in [0.1, 0.15) is 5.56 Å². The summed E-state index contributed by atoms with van der Waals surface area (Å²) in [6.45, 7) is 0.0730. The van der Waals surface area contributed by atoms with Gasteiger partial charge in [-0.1, -0.05) is 47.1 Å². The molecule has 0 unspecified atom stereocenters. The number of aromatic nitrogens is 1. The normalized spacial score (nSPS) is 13.1. The van der Waals surface area contributed by atoms with Crippen LogP contribution in [0.5, 0.6) is 11.5 Å². The van der Waals surface area contributed by atoms with Crippen molar-refractivity contribution in [2.24, 2.45) is 5.10 Å². The molecule has 29 heavy (non-hydrogen) atoms. The number of benzene rings is 2. The van der Waals surface area contributed by atoms with E-state index in [4.69, 9.17) is 25.6 Å². The number of ether oxygens (including phenoxy) is 2. The summed E-state index contributed by atoms with van der Waals surface area (Å²) < 4.78 is 16.1. The number of hydrogen-bond donors (Lipinski definition) is 1. The van der Waals surface area contributed by atoms with E-state index in [1.807, 2.05) is 42.5 Å². The van der Waals surface area contributed by atoms with Gasteiger partial charge in [0.1, 0.15) is 24.4 Å². The lowest BCUT2D eigenvalue weighted by atomic mass is 10.1. The quantitative estimate of drug-likeness (QED) is 0.493. The van der Waals surface area contributed by atoms with Gasteiger partial charge < -0.3 is 14.0 Å². The number of amides is 1. The molecule has 0 radical (unpaired) electrons. The van der Waals surface area contributed by atoms with Crippen LogP contribution in [0.4, 0.5) is 0 Å². The highest BCUT2D eigenvalue weighted by molar-refractivity contribution is 6.51. The number of nitrogens with one attached hydrogen (secondary N) is 1. The number of fused-ring (bicyclic) bond motifs is 1. The first-order valence-corrected chi connectivity index (χ1v) is 9.14. The number of carbonyl (C=O) groups is 1. The molecule has 0 bridgehead atoms. The average molecular weight is 410 g/mol. The Kier molecular flexibility index (Phi) is 5.58.